The first-order valence-corrected chi connectivity index (χ1v) is 7.39. The summed E-state index contributed by atoms with van der Waals surface area (Å²) < 4.78 is 7.53. The van der Waals surface area contributed by atoms with Crippen molar-refractivity contribution in [1.82, 2.24) is 14.7 Å². The van der Waals surface area contributed by atoms with Crippen LogP contribution in [0.4, 0.5) is 0 Å². The third-order valence-electron chi connectivity index (χ3n) is 3.79. The minimum atomic E-state index is 0.158. The van der Waals surface area contributed by atoms with Crippen LogP contribution < -0.4 is 5.73 Å². The summed E-state index contributed by atoms with van der Waals surface area (Å²) in [7, 11) is 0. The maximum absolute atomic E-state index is 5.68. The number of nitrogens with two attached hydrogens (primary N) is 1. The summed E-state index contributed by atoms with van der Waals surface area (Å²) in [6, 6.07) is 8.35. The van der Waals surface area contributed by atoms with Crippen molar-refractivity contribution in [2.75, 3.05) is 26.2 Å². The van der Waals surface area contributed by atoms with Crippen LogP contribution in [0, 0.1) is 6.92 Å². The van der Waals surface area contributed by atoms with E-state index >= 15 is 0 Å². The highest BCUT2D eigenvalue weighted by atomic mass is 16.5. The minimum absolute atomic E-state index is 0.158. The molecule has 112 valence electrons. The molecule has 2 heterocycles. The molecule has 1 fully saturated rings. The van der Waals surface area contributed by atoms with Crippen LogP contribution in [0.15, 0.2) is 36.7 Å². The molecule has 1 aliphatic heterocycles. The summed E-state index contributed by atoms with van der Waals surface area (Å²) in [6.07, 6.45) is 4.20. The molecule has 2 aromatic rings. The number of rotatable bonds is 4. The third kappa shape index (κ3) is 3.50. The summed E-state index contributed by atoms with van der Waals surface area (Å²) in [6.45, 7) is 6.17. The molecule has 1 aliphatic rings. The van der Waals surface area contributed by atoms with Crippen molar-refractivity contribution in [3.63, 3.8) is 0 Å². The van der Waals surface area contributed by atoms with Gasteiger partial charge < -0.3 is 10.5 Å². The monoisotopic (exact) mass is 286 g/mol. The van der Waals surface area contributed by atoms with Gasteiger partial charge in [-0.25, -0.2) is 4.68 Å². The van der Waals surface area contributed by atoms with E-state index in [9.17, 15) is 0 Å². The Hall–Kier alpha value is -1.69. The van der Waals surface area contributed by atoms with Crippen LogP contribution in [0.3, 0.4) is 0 Å². The summed E-state index contributed by atoms with van der Waals surface area (Å²) >= 11 is 0. The van der Waals surface area contributed by atoms with E-state index in [0.29, 0.717) is 6.54 Å². The van der Waals surface area contributed by atoms with Gasteiger partial charge in [0, 0.05) is 37.9 Å². The van der Waals surface area contributed by atoms with Crippen molar-refractivity contribution >= 4 is 0 Å². The molecule has 0 radical (unpaired) electrons. The van der Waals surface area contributed by atoms with Crippen LogP contribution in [0.1, 0.15) is 11.1 Å². The zero-order valence-electron chi connectivity index (χ0n) is 12.4. The zero-order valence-corrected chi connectivity index (χ0v) is 12.4. The minimum Gasteiger partial charge on any atom is -0.374 e. The van der Waals surface area contributed by atoms with E-state index in [-0.39, 0.29) is 6.10 Å². The highest BCUT2D eigenvalue weighted by Crippen LogP contribution is 2.13. The molecule has 5 heteroatoms. The molecule has 21 heavy (non-hydrogen) atoms. The summed E-state index contributed by atoms with van der Waals surface area (Å²) in [4.78, 5) is 2.37. The molecule has 5 nitrogen and oxygen atoms in total. The highest BCUT2D eigenvalue weighted by Gasteiger charge is 2.19. The van der Waals surface area contributed by atoms with E-state index in [1.807, 2.05) is 10.9 Å². The van der Waals surface area contributed by atoms with Crippen LogP contribution in [-0.4, -0.2) is 47.0 Å². The van der Waals surface area contributed by atoms with E-state index in [4.69, 9.17) is 10.5 Å². The number of aromatic nitrogens is 2. The van der Waals surface area contributed by atoms with Gasteiger partial charge in [-0.3, -0.25) is 4.90 Å². The Morgan fingerprint density at radius 2 is 2.33 bits per heavy atom. The first-order valence-electron chi connectivity index (χ1n) is 7.39. The van der Waals surface area contributed by atoms with Crippen LogP contribution in [-0.2, 0) is 11.3 Å². The SMILES string of the molecule is Cc1cccc(-n2cc(CN3CCOC(CN)C3)cn2)c1. The Kier molecular flexibility index (Phi) is 4.34. The molecule has 1 unspecified atom stereocenters. The molecule has 0 bridgehead atoms. The Labute approximate surface area is 125 Å². The van der Waals surface area contributed by atoms with Gasteiger partial charge in [0.05, 0.1) is 24.6 Å². The van der Waals surface area contributed by atoms with Gasteiger partial charge >= 0.3 is 0 Å². The number of hydrogen-bond donors (Lipinski definition) is 1. The van der Waals surface area contributed by atoms with Gasteiger partial charge in [-0.05, 0) is 24.6 Å². The second kappa shape index (κ2) is 6.39. The number of ether oxygens (including phenoxy) is 1. The van der Waals surface area contributed by atoms with Gasteiger partial charge in [-0.2, -0.15) is 5.10 Å². The average molecular weight is 286 g/mol. The van der Waals surface area contributed by atoms with Crippen molar-refractivity contribution in [3.05, 3.63) is 47.8 Å². The molecule has 1 aromatic heterocycles. The van der Waals surface area contributed by atoms with E-state index in [0.717, 1.165) is 31.9 Å². The number of aryl methyl sites for hydroxylation is 1. The molecule has 1 saturated heterocycles. The molecule has 3 rings (SSSR count). The first kappa shape index (κ1) is 14.3. The quantitative estimate of drug-likeness (QED) is 0.921. The smallest absolute Gasteiger partial charge is 0.0824 e. The number of benzene rings is 1. The van der Waals surface area contributed by atoms with Crippen molar-refractivity contribution in [3.8, 4) is 5.69 Å². The molecule has 0 amide bonds. The predicted octanol–water partition coefficient (Wildman–Crippen LogP) is 1.34. The summed E-state index contributed by atoms with van der Waals surface area (Å²) in [5.74, 6) is 0. The van der Waals surface area contributed by atoms with Crippen LogP contribution in [0.5, 0.6) is 0 Å². The van der Waals surface area contributed by atoms with Gasteiger partial charge in [0.1, 0.15) is 0 Å². The summed E-state index contributed by atoms with van der Waals surface area (Å²) in [5, 5.41) is 4.47. The van der Waals surface area contributed by atoms with Gasteiger partial charge in [0.15, 0.2) is 0 Å². The molecule has 0 spiro atoms. The lowest BCUT2D eigenvalue weighted by atomic mass is 10.2. The number of hydrogen-bond acceptors (Lipinski definition) is 4. The molecule has 2 N–H and O–H groups in total. The fourth-order valence-electron chi connectivity index (χ4n) is 2.68. The number of nitrogens with zero attached hydrogens (tertiary/aromatic N) is 3. The molecule has 1 aromatic carbocycles. The van der Waals surface area contributed by atoms with Crippen LogP contribution in [0.25, 0.3) is 5.69 Å². The van der Waals surface area contributed by atoms with Crippen LogP contribution >= 0.6 is 0 Å². The zero-order chi connectivity index (χ0) is 14.7. The van der Waals surface area contributed by atoms with Gasteiger partial charge in [-0.1, -0.05) is 12.1 Å². The molecule has 0 aliphatic carbocycles. The van der Waals surface area contributed by atoms with E-state index < -0.39 is 0 Å². The van der Waals surface area contributed by atoms with Crippen LogP contribution in [0.2, 0.25) is 0 Å². The second-order valence-corrected chi connectivity index (χ2v) is 5.60. The Bertz CT molecular complexity index is 595. The van der Waals surface area contributed by atoms with Gasteiger partial charge in [-0.15, -0.1) is 0 Å². The molecular formula is C16H22N4O. The van der Waals surface area contributed by atoms with E-state index in [1.54, 1.807) is 0 Å². The lowest BCUT2D eigenvalue weighted by Crippen LogP contribution is -2.45. The standard InChI is InChI=1S/C16H22N4O/c1-13-3-2-4-15(7-13)20-11-14(9-18-20)10-19-5-6-21-16(8-17)12-19/h2-4,7,9,11,16H,5-6,8,10,12,17H2,1H3. The van der Waals surface area contributed by atoms with E-state index in [2.05, 4.69) is 47.4 Å². The first-order chi connectivity index (χ1) is 10.2. The van der Waals surface area contributed by atoms with E-state index in [1.165, 1.54) is 11.1 Å². The normalized spacial score (nSPS) is 19.8. The Morgan fingerprint density at radius 1 is 1.43 bits per heavy atom. The lowest BCUT2D eigenvalue weighted by Gasteiger charge is -2.31. The fourth-order valence-corrected chi connectivity index (χ4v) is 2.68. The number of morpholine rings is 1. The van der Waals surface area contributed by atoms with Crippen molar-refractivity contribution in [1.29, 1.82) is 0 Å². The van der Waals surface area contributed by atoms with Crippen molar-refractivity contribution < 1.29 is 4.74 Å². The fraction of sp³-hybridized carbons (Fsp3) is 0.438. The molecular weight excluding hydrogens is 264 g/mol. The Balaban J connectivity index is 1.68. The lowest BCUT2D eigenvalue weighted by molar-refractivity contribution is -0.0260. The molecule has 1 atom stereocenters. The maximum Gasteiger partial charge on any atom is 0.0824 e. The second-order valence-electron chi connectivity index (χ2n) is 5.60. The summed E-state index contributed by atoms with van der Waals surface area (Å²) in [5.41, 5.74) is 9.24. The highest BCUT2D eigenvalue weighted by molar-refractivity contribution is 5.35. The van der Waals surface area contributed by atoms with Gasteiger partial charge in [0.25, 0.3) is 0 Å². The van der Waals surface area contributed by atoms with Crippen molar-refractivity contribution in [2.24, 2.45) is 5.73 Å². The van der Waals surface area contributed by atoms with Crippen molar-refractivity contribution in [2.45, 2.75) is 19.6 Å². The average Bonchev–Trinajstić information content (AvgIpc) is 2.96. The van der Waals surface area contributed by atoms with Gasteiger partial charge in [0.2, 0.25) is 0 Å². The maximum atomic E-state index is 5.68. The largest absolute Gasteiger partial charge is 0.374 e. The predicted molar refractivity (Wildman–Crippen MR) is 82.4 cm³/mol. The topological polar surface area (TPSA) is 56.3 Å². The Morgan fingerprint density at radius 3 is 3.14 bits per heavy atom. The molecule has 0 saturated carbocycles. The third-order valence-corrected chi connectivity index (χ3v) is 3.79.